The standard InChI is InChI=1S/2C13H12.H2S/c2*1-2-5-11-8-9-12-6-3-4-7-13(12)10-11;/h2*2-10H,1H3;1H2/b2*5-2+;. The summed E-state index contributed by atoms with van der Waals surface area (Å²) in [5, 5.41) is 5.21. The van der Waals surface area contributed by atoms with Crippen molar-refractivity contribution < 1.29 is 0 Å². The van der Waals surface area contributed by atoms with E-state index in [-0.39, 0.29) is 13.5 Å². The van der Waals surface area contributed by atoms with Crippen LogP contribution in [0.25, 0.3) is 33.7 Å². The fourth-order valence-electron chi connectivity index (χ4n) is 3.01. The van der Waals surface area contributed by atoms with Crippen molar-refractivity contribution in [3.05, 3.63) is 108 Å². The quantitative estimate of drug-likeness (QED) is 0.337. The van der Waals surface area contributed by atoms with Gasteiger partial charge < -0.3 is 0 Å². The van der Waals surface area contributed by atoms with Crippen molar-refractivity contribution in [2.45, 2.75) is 13.8 Å². The minimum absolute atomic E-state index is 0. The first-order valence-corrected chi connectivity index (χ1v) is 9.03. The van der Waals surface area contributed by atoms with Gasteiger partial charge in [0.25, 0.3) is 0 Å². The molecule has 0 spiro atoms. The average Bonchev–Trinajstić information content (AvgIpc) is 2.69. The molecule has 0 aromatic heterocycles. The van der Waals surface area contributed by atoms with Crippen molar-refractivity contribution in [2.75, 3.05) is 0 Å². The van der Waals surface area contributed by atoms with Crippen LogP contribution in [0, 0.1) is 0 Å². The Balaban J connectivity index is 0.000000187. The Bertz CT molecular complexity index is 970. The lowest BCUT2D eigenvalue weighted by Gasteiger charge is -1.98. The summed E-state index contributed by atoms with van der Waals surface area (Å²) in [5.41, 5.74) is 2.53. The third-order valence-corrected chi connectivity index (χ3v) is 4.27. The molecule has 0 atom stereocenters. The molecule has 0 N–H and O–H groups in total. The molecule has 4 aromatic rings. The third kappa shape index (κ3) is 5.60. The van der Waals surface area contributed by atoms with Crippen LogP contribution < -0.4 is 0 Å². The van der Waals surface area contributed by atoms with Gasteiger partial charge in [-0.2, -0.15) is 13.5 Å². The van der Waals surface area contributed by atoms with Crippen molar-refractivity contribution in [1.82, 2.24) is 0 Å². The molecule has 0 bridgehead atoms. The highest BCUT2D eigenvalue weighted by Crippen LogP contribution is 2.17. The molecule has 0 saturated heterocycles. The summed E-state index contributed by atoms with van der Waals surface area (Å²) in [4.78, 5) is 0. The van der Waals surface area contributed by atoms with Gasteiger partial charge in [0.1, 0.15) is 0 Å². The van der Waals surface area contributed by atoms with Crippen molar-refractivity contribution in [3.63, 3.8) is 0 Å². The maximum atomic E-state index is 2.20. The number of allylic oxidation sites excluding steroid dienone is 2. The summed E-state index contributed by atoms with van der Waals surface area (Å²) in [7, 11) is 0. The van der Waals surface area contributed by atoms with Gasteiger partial charge >= 0.3 is 0 Å². The minimum atomic E-state index is 0. The maximum absolute atomic E-state index is 2.20. The summed E-state index contributed by atoms with van der Waals surface area (Å²) in [6, 6.07) is 29.8. The van der Waals surface area contributed by atoms with Gasteiger partial charge in [0.15, 0.2) is 0 Å². The van der Waals surface area contributed by atoms with E-state index in [1.807, 2.05) is 13.8 Å². The largest absolute Gasteiger partial charge is 0.197 e. The number of benzene rings is 4. The molecular weight excluding hydrogens is 344 g/mol. The summed E-state index contributed by atoms with van der Waals surface area (Å²) in [5.74, 6) is 0. The van der Waals surface area contributed by atoms with Crippen molar-refractivity contribution in [1.29, 1.82) is 0 Å². The molecule has 4 aromatic carbocycles. The highest BCUT2D eigenvalue weighted by Gasteiger charge is 1.92. The van der Waals surface area contributed by atoms with Crippen LogP contribution in [0.1, 0.15) is 25.0 Å². The van der Waals surface area contributed by atoms with Gasteiger partial charge in [0, 0.05) is 0 Å². The summed E-state index contributed by atoms with van der Waals surface area (Å²) >= 11 is 0. The summed E-state index contributed by atoms with van der Waals surface area (Å²) < 4.78 is 0. The molecule has 0 nitrogen and oxygen atoms in total. The second-order valence-corrected chi connectivity index (χ2v) is 6.21. The van der Waals surface area contributed by atoms with Crippen LogP contribution in [0.15, 0.2) is 97.1 Å². The van der Waals surface area contributed by atoms with Gasteiger partial charge in [-0.05, 0) is 58.7 Å². The van der Waals surface area contributed by atoms with Crippen LogP contribution >= 0.6 is 13.5 Å². The molecule has 136 valence electrons. The molecule has 0 heterocycles. The van der Waals surface area contributed by atoms with E-state index in [1.165, 1.54) is 32.7 Å². The normalized spacial score (nSPS) is 10.7. The van der Waals surface area contributed by atoms with E-state index < -0.39 is 0 Å². The van der Waals surface area contributed by atoms with E-state index in [0.717, 1.165) is 0 Å². The molecule has 1 heteroatoms. The lowest BCUT2D eigenvalue weighted by molar-refractivity contribution is 1.68. The van der Waals surface area contributed by atoms with Crippen molar-refractivity contribution >= 4 is 47.2 Å². The van der Waals surface area contributed by atoms with E-state index in [4.69, 9.17) is 0 Å². The fourth-order valence-corrected chi connectivity index (χ4v) is 3.01. The Morgan fingerprint density at radius 3 is 1.22 bits per heavy atom. The summed E-state index contributed by atoms with van der Waals surface area (Å²) in [6.07, 6.45) is 8.35. The Hall–Kier alpha value is -2.77. The monoisotopic (exact) mass is 370 g/mol. The Morgan fingerprint density at radius 2 is 0.852 bits per heavy atom. The fraction of sp³-hybridized carbons (Fsp3) is 0.0769. The molecule has 0 amide bonds. The van der Waals surface area contributed by atoms with E-state index in [9.17, 15) is 0 Å². The van der Waals surface area contributed by atoms with Gasteiger partial charge in [0.05, 0.1) is 0 Å². The molecule has 0 aliphatic heterocycles. The van der Waals surface area contributed by atoms with Crippen molar-refractivity contribution in [3.8, 4) is 0 Å². The number of fused-ring (bicyclic) bond motifs is 2. The van der Waals surface area contributed by atoms with E-state index in [1.54, 1.807) is 0 Å². The van der Waals surface area contributed by atoms with E-state index in [0.29, 0.717) is 0 Å². The first kappa shape index (κ1) is 20.5. The minimum Gasteiger partial charge on any atom is -0.197 e. The molecule has 27 heavy (non-hydrogen) atoms. The second-order valence-electron chi connectivity index (χ2n) is 6.21. The van der Waals surface area contributed by atoms with Gasteiger partial charge in [0.2, 0.25) is 0 Å². The molecular formula is C26H26S. The molecule has 0 aliphatic rings. The lowest BCUT2D eigenvalue weighted by Crippen LogP contribution is -1.74. The lowest BCUT2D eigenvalue weighted by atomic mass is 10.1. The zero-order chi connectivity index (χ0) is 18.2. The smallest absolute Gasteiger partial charge is 0.0178 e. The molecule has 0 radical (unpaired) electrons. The molecule has 0 aliphatic carbocycles. The number of hydrogen-bond donors (Lipinski definition) is 0. The second kappa shape index (κ2) is 10.4. The summed E-state index contributed by atoms with van der Waals surface area (Å²) in [6.45, 7) is 4.07. The number of rotatable bonds is 2. The van der Waals surface area contributed by atoms with Gasteiger partial charge in [-0.15, -0.1) is 0 Å². The van der Waals surface area contributed by atoms with Gasteiger partial charge in [-0.25, -0.2) is 0 Å². The average molecular weight is 371 g/mol. The van der Waals surface area contributed by atoms with Crippen LogP contribution in [-0.2, 0) is 0 Å². The van der Waals surface area contributed by atoms with Gasteiger partial charge in [-0.3, -0.25) is 0 Å². The van der Waals surface area contributed by atoms with Crippen LogP contribution in [0.3, 0.4) is 0 Å². The predicted molar refractivity (Wildman–Crippen MR) is 128 cm³/mol. The van der Waals surface area contributed by atoms with Crippen LogP contribution in [0.5, 0.6) is 0 Å². The molecule has 4 rings (SSSR count). The topological polar surface area (TPSA) is 0 Å². The Morgan fingerprint density at radius 1 is 0.481 bits per heavy atom. The highest BCUT2D eigenvalue weighted by molar-refractivity contribution is 7.59. The van der Waals surface area contributed by atoms with Crippen LogP contribution in [-0.4, -0.2) is 0 Å². The van der Waals surface area contributed by atoms with Crippen molar-refractivity contribution in [2.24, 2.45) is 0 Å². The Kier molecular flexibility index (Phi) is 7.91. The number of hydrogen-bond acceptors (Lipinski definition) is 0. The molecule has 0 saturated carbocycles. The third-order valence-electron chi connectivity index (χ3n) is 4.27. The predicted octanol–water partition coefficient (Wildman–Crippen LogP) is 7.86. The SMILES string of the molecule is C/C=C/c1ccc2ccccc2c1.C/C=C/c1ccc2ccccc2c1.S. The van der Waals surface area contributed by atoms with E-state index >= 15 is 0 Å². The molecule has 0 fully saturated rings. The van der Waals surface area contributed by atoms with E-state index in [2.05, 4.69) is 109 Å². The highest BCUT2D eigenvalue weighted by atomic mass is 32.1. The van der Waals surface area contributed by atoms with Gasteiger partial charge in [-0.1, -0.05) is 97.1 Å². The van der Waals surface area contributed by atoms with Crippen LogP contribution in [0.2, 0.25) is 0 Å². The first-order chi connectivity index (χ1) is 12.8. The molecule has 0 unspecified atom stereocenters. The Labute approximate surface area is 169 Å². The zero-order valence-corrected chi connectivity index (χ0v) is 16.9. The first-order valence-electron chi connectivity index (χ1n) is 9.03. The van der Waals surface area contributed by atoms with Crippen LogP contribution in [0.4, 0.5) is 0 Å². The maximum Gasteiger partial charge on any atom is -0.0178 e. The zero-order valence-electron chi connectivity index (χ0n) is 15.9.